The van der Waals surface area contributed by atoms with E-state index >= 15 is 0 Å². The lowest BCUT2D eigenvalue weighted by Gasteiger charge is -2.08. The Morgan fingerprint density at radius 2 is 1.54 bits per heavy atom. The van der Waals surface area contributed by atoms with Gasteiger partial charge in [-0.25, -0.2) is 0 Å². The number of phenols is 2. The van der Waals surface area contributed by atoms with E-state index in [2.05, 4.69) is 60.0 Å². The lowest BCUT2D eigenvalue weighted by atomic mass is 10.0. The molecule has 2 aromatic rings. The fourth-order valence-corrected chi connectivity index (χ4v) is 2.97. The number of phenolic OH excluding ortho intramolecular Hbond substituents is 2. The summed E-state index contributed by atoms with van der Waals surface area (Å²) in [7, 11) is 0. The Bertz CT molecular complexity index is 817. The van der Waals surface area contributed by atoms with Crippen LogP contribution in [0.2, 0.25) is 0 Å². The van der Waals surface area contributed by atoms with E-state index in [1.165, 1.54) is 22.8 Å². The van der Waals surface area contributed by atoms with Gasteiger partial charge in [-0.15, -0.1) is 0 Å². The summed E-state index contributed by atoms with van der Waals surface area (Å²) in [5, 5.41) is 22.2. The van der Waals surface area contributed by atoms with Crippen LogP contribution in [0.4, 0.5) is 0 Å². The van der Waals surface area contributed by atoms with E-state index in [1.807, 2.05) is 6.07 Å². The summed E-state index contributed by atoms with van der Waals surface area (Å²) in [6.45, 7) is 1.75. The number of hydrogen-bond acceptors (Lipinski definition) is 3. The Balaban J connectivity index is 1.42. The molecule has 0 saturated carbocycles. The quantitative estimate of drug-likeness (QED) is 0.515. The molecule has 0 amide bonds. The van der Waals surface area contributed by atoms with Crippen molar-refractivity contribution < 1.29 is 10.2 Å². The fraction of sp³-hybridized carbons (Fsp3) is 0.217. The molecule has 26 heavy (non-hydrogen) atoms. The molecule has 1 aliphatic carbocycles. The number of benzene rings is 2. The molecule has 0 heterocycles. The topological polar surface area (TPSA) is 52.5 Å². The molecule has 1 aliphatic rings. The first-order valence-corrected chi connectivity index (χ1v) is 9.06. The smallest absolute Gasteiger partial charge is 0.157 e. The maximum atomic E-state index is 9.50. The summed E-state index contributed by atoms with van der Waals surface area (Å²) in [6, 6.07) is 13.8. The number of hydrogen-bond donors (Lipinski definition) is 3. The molecule has 0 bridgehead atoms. The summed E-state index contributed by atoms with van der Waals surface area (Å²) >= 11 is 0. The third-order valence-electron chi connectivity index (χ3n) is 4.50. The van der Waals surface area contributed by atoms with Crippen molar-refractivity contribution in [3.8, 4) is 11.5 Å². The molecule has 0 spiro atoms. The molecule has 2 aromatic carbocycles. The van der Waals surface area contributed by atoms with Gasteiger partial charge < -0.3 is 15.5 Å². The number of nitrogens with one attached hydrogen (secondary N) is 1. The third kappa shape index (κ3) is 5.11. The van der Waals surface area contributed by atoms with Gasteiger partial charge in [0.15, 0.2) is 11.5 Å². The van der Waals surface area contributed by atoms with Crippen molar-refractivity contribution in [2.24, 2.45) is 0 Å². The second kappa shape index (κ2) is 9.07. The predicted octanol–water partition coefficient (Wildman–Crippen LogP) is 4.37. The van der Waals surface area contributed by atoms with Gasteiger partial charge >= 0.3 is 0 Å². The molecule has 3 heteroatoms. The largest absolute Gasteiger partial charge is 0.504 e. The van der Waals surface area contributed by atoms with Crippen molar-refractivity contribution in [1.29, 1.82) is 0 Å². The number of allylic oxidation sites excluding steroid dienone is 6. The van der Waals surface area contributed by atoms with Crippen molar-refractivity contribution in [1.82, 2.24) is 5.32 Å². The highest BCUT2D eigenvalue weighted by atomic mass is 16.3. The van der Waals surface area contributed by atoms with E-state index in [1.54, 1.807) is 6.07 Å². The van der Waals surface area contributed by atoms with Crippen molar-refractivity contribution in [2.45, 2.75) is 19.3 Å². The van der Waals surface area contributed by atoms with Gasteiger partial charge in [-0.1, -0.05) is 60.7 Å². The first-order chi connectivity index (χ1) is 12.7. The van der Waals surface area contributed by atoms with E-state index in [0.29, 0.717) is 0 Å². The van der Waals surface area contributed by atoms with Crippen LogP contribution in [0, 0.1) is 0 Å². The van der Waals surface area contributed by atoms with Crippen molar-refractivity contribution in [3.63, 3.8) is 0 Å². The molecule has 0 aliphatic heterocycles. The SMILES string of the molecule is Oc1ccc(CCNCCc2ccc(C3=CCC=CC=C3)cc2)cc1O. The zero-order chi connectivity index (χ0) is 18.2. The first kappa shape index (κ1) is 18.0. The van der Waals surface area contributed by atoms with Crippen molar-refractivity contribution >= 4 is 5.57 Å². The maximum absolute atomic E-state index is 9.50. The van der Waals surface area contributed by atoms with Crippen LogP contribution in [-0.2, 0) is 12.8 Å². The van der Waals surface area contributed by atoms with Crippen LogP contribution in [0.1, 0.15) is 23.1 Å². The van der Waals surface area contributed by atoms with Crippen molar-refractivity contribution in [3.05, 3.63) is 89.5 Å². The fourth-order valence-electron chi connectivity index (χ4n) is 2.97. The summed E-state index contributed by atoms with van der Waals surface area (Å²) < 4.78 is 0. The minimum absolute atomic E-state index is 0.0583. The number of aromatic hydroxyl groups is 2. The van der Waals surface area contributed by atoms with Crippen LogP contribution in [0.5, 0.6) is 11.5 Å². The van der Waals surface area contributed by atoms with Gasteiger partial charge in [0.25, 0.3) is 0 Å². The van der Waals surface area contributed by atoms with E-state index in [4.69, 9.17) is 0 Å². The highest BCUT2D eigenvalue weighted by Gasteiger charge is 2.02. The zero-order valence-corrected chi connectivity index (χ0v) is 14.9. The predicted molar refractivity (Wildman–Crippen MR) is 107 cm³/mol. The Hall–Kier alpha value is -2.78. The molecular formula is C23H25NO2. The Morgan fingerprint density at radius 1 is 0.808 bits per heavy atom. The van der Waals surface area contributed by atoms with Crippen LogP contribution in [-0.4, -0.2) is 23.3 Å². The average molecular weight is 347 g/mol. The molecule has 3 nitrogen and oxygen atoms in total. The van der Waals surface area contributed by atoms with Crippen LogP contribution in [0.15, 0.2) is 72.8 Å². The molecule has 0 saturated heterocycles. The highest BCUT2D eigenvalue weighted by Crippen LogP contribution is 2.24. The lowest BCUT2D eigenvalue weighted by Crippen LogP contribution is -2.20. The van der Waals surface area contributed by atoms with Gasteiger partial charge in [0.2, 0.25) is 0 Å². The van der Waals surface area contributed by atoms with Crippen molar-refractivity contribution in [2.75, 3.05) is 13.1 Å². The van der Waals surface area contributed by atoms with E-state index in [0.717, 1.165) is 37.9 Å². The van der Waals surface area contributed by atoms with E-state index in [-0.39, 0.29) is 11.5 Å². The second-order valence-electron chi connectivity index (χ2n) is 6.45. The Labute approximate surface area is 155 Å². The molecular weight excluding hydrogens is 322 g/mol. The molecule has 0 atom stereocenters. The summed E-state index contributed by atoms with van der Waals surface area (Å²) in [5.41, 5.74) is 4.86. The number of rotatable bonds is 7. The third-order valence-corrected chi connectivity index (χ3v) is 4.50. The maximum Gasteiger partial charge on any atom is 0.157 e. The van der Waals surface area contributed by atoms with Crippen LogP contribution < -0.4 is 5.32 Å². The first-order valence-electron chi connectivity index (χ1n) is 9.06. The lowest BCUT2D eigenvalue weighted by molar-refractivity contribution is 0.403. The molecule has 3 N–H and O–H groups in total. The molecule has 134 valence electrons. The summed E-state index contributed by atoms with van der Waals surface area (Å²) in [4.78, 5) is 0. The summed E-state index contributed by atoms with van der Waals surface area (Å²) in [5.74, 6) is -0.131. The minimum atomic E-state index is -0.0727. The van der Waals surface area contributed by atoms with Gasteiger partial charge in [0, 0.05) is 0 Å². The monoisotopic (exact) mass is 347 g/mol. The molecule has 0 radical (unpaired) electrons. The van der Waals surface area contributed by atoms with Crippen LogP contribution in [0.3, 0.4) is 0 Å². The van der Waals surface area contributed by atoms with E-state index < -0.39 is 0 Å². The molecule has 3 rings (SSSR count). The normalized spacial score (nSPS) is 13.5. The molecule has 0 fully saturated rings. The van der Waals surface area contributed by atoms with Gasteiger partial charge in [0.1, 0.15) is 0 Å². The zero-order valence-electron chi connectivity index (χ0n) is 14.9. The minimum Gasteiger partial charge on any atom is -0.504 e. The van der Waals surface area contributed by atoms with Gasteiger partial charge in [-0.05, 0) is 66.7 Å². The Kier molecular flexibility index (Phi) is 6.29. The van der Waals surface area contributed by atoms with Gasteiger partial charge in [-0.2, -0.15) is 0 Å². The Morgan fingerprint density at radius 3 is 2.31 bits per heavy atom. The highest BCUT2D eigenvalue weighted by molar-refractivity contribution is 5.75. The van der Waals surface area contributed by atoms with E-state index in [9.17, 15) is 10.2 Å². The van der Waals surface area contributed by atoms with Gasteiger partial charge in [-0.3, -0.25) is 0 Å². The summed E-state index contributed by atoms with van der Waals surface area (Å²) in [6.07, 6.45) is 13.5. The molecule has 0 unspecified atom stereocenters. The van der Waals surface area contributed by atoms with Crippen LogP contribution in [0.25, 0.3) is 5.57 Å². The van der Waals surface area contributed by atoms with Crippen LogP contribution >= 0.6 is 0 Å². The second-order valence-corrected chi connectivity index (χ2v) is 6.45. The standard InChI is InChI=1S/C23H25NO2/c25-22-12-9-19(17-23(22)26)14-16-24-15-13-18-7-10-21(11-8-18)20-5-3-1-2-4-6-20/h1-3,5-12,17,24-26H,4,13-16H2. The van der Waals surface area contributed by atoms with Gasteiger partial charge in [0.05, 0.1) is 0 Å². The average Bonchev–Trinajstić information content (AvgIpc) is 2.94. The molecule has 0 aromatic heterocycles.